The molecule has 0 saturated heterocycles. The monoisotopic (exact) mass is 343 g/mol. The zero-order valence-electron chi connectivity index (χ0n) is 10.7. The van der Waals surface area contributed by atoms with E-state index in [0.717, 1.165) is 10.2 Å². The number of fused-ring (bicyclic) bond motifs is 1. The lowest BCUT2D eigenvalue weighted by Crippen LogP contribution is -2.13. The second-order valence-corrected chi connectivity index (χ2v) is 5.35. The fraction of sp³-hybridized carbons (Fsp3) is 0. The molecule has 104 valence electrons. The van der Waals surface area contributed by atoms with E-state index >= 15 is 0 Å². The van der Waals surface area contributed by atoms with Gasteiger partial charge in [0.1, 0.15) is 5.75 Å². The summed E-state index contributed by atoms with van der Waals surface area (Å²) in [6.45, 7) is 0. The molecule has 0 atom stereocenters. The van der Waals surface area contributed by atoms with Crippen LogP contribution in [0.4, 0.5) is 5.69 Å². The number of anilines is 1. The lowest BCUT2D eigenvalue weighted by Gasteiger charge is -1.97. The van der Waals surface area contributed by atoms with E-state index in [-0.39, 0.29) is 17.4 Å². The summed E-state index contributed by atoms with van der Waals surface area (Å²) in [6.07, 6.45) is 1.48. The number of benzene rings is 2. The third kappa shape index (κ3) is 2.85. The molecule has 2 aromatic rings. The molecule has 6 heteroatoms. The molecular weight excluding hydrogens is 334 g/mol. The van der Waals surface area contributed by atoms with E-state index in [1.54, 1.807) is 30.3 Å². The van der Waals surface area contributed by atoms with E-state index < -0.39 is 0 Å². The van der Waals surface area contributed by atoms with Gasteiger partial charge in [0.05, 0.1) is 11.9 Å². The maximum Gasteiger partial charge on any atom is 0.276 e. The van der Waals surface area contributed by atoms with Gasteiger partial charge in [-0.2, -0.15) is 5.10 Å². The van der Waals surface area contributed by atoms with Gasteiger partial charge < -0.3 is 10.4 Å². The average Bonchev–Trinajstić information content (AvgIpc) is 2.75. The highest BCUT2D eigenvalue weighted by atomic mass is 79.9. The van der Waals surface area contributed by atoms with Gasteiger partial charge in [0.25, 0.3) is 5.91 Å². The van der Waals surface area contributed by atoms with Crippen molar-refractivity contribution >= 4 is 39.5 Å². The molecular formula is C15H10BrN3O2. The molecule has 0 unspecified atom stereocenters. The highest BCUT2D eigenvalue weighted by Gasteiger charge is 2.26. The summed E-state index contributed by atoms with van der Waals surface area (Å²) >= 11 is 3.36. The minimum Gasteiger partial charge on any atom is -0.508 e. The summed E-state index contributed by atoms with van der Waals surface area (Å²) in [7, 11) is 0. The fourth-order valence-electron chi connectivity index (χ4n) is 1.98. The Bertz CT molecular complexity index is 784. The Morgan fingerprint density at radius 3 is 2.86 bits per heavy atom. The van der Waals surface area contributed by atoms with Crippen LogP contribution in [0, 0.1) is 0 Å². The van der Waals surface area contributed by atoms with Gasteiger partial charge in [-0.25, -0.2) is 0 Å². The van der Waals surface area contributed by atoms with Crippen LogP contribution in [-0.4, -0.2) is 22.9 Å². The van der Waals surface area contributed by atoms with E-state index in [2.05, 4.69) is 31.4 Å². The minimum absolute atomic E-state index is 0.152. The lowest BCUT2D eigenvalue weighted by atomic mass is 10.1. The second-order valence-electron chi connectivity index (χ2n) is 4.43. The van der Waals surface area contributed by atoms with E-state index in [0.29, 0.717) is 11.1 Å². The number of phenolic OH excluding ortho intramolecular Hbond substituents is 1. The molecule has 0 radical (unpaired) electrons. The molecule has 2 aromatic carbocycles. The van der Waals surface area contributed by atoms with Crippen molar-refractivity contribution in [3.8, 4) is 5.75 Å². The summed E-state index contributed by atoms with van der Waals surface area (Å²) in [5, 5.41) is 20.0. The number of hydrogen-bond acceptors (Lipinski definition) is 4. The first kappa shape index (κ1) is 13.5. The molecule has 5 nitrogen and oxygen atoms in total. The smallest absolute Gasteiger partial charge is 0.276 e. The molecule has 1 aliphatic rings. The molecule has 1 aliphatic heterocycles. The first-order chi connectivity index (χ1) is 10.1. The van der Waals surface area contributed by atoms with Crippen LogP contribution in [0.25, 0.3) is 0 Å². The first-order valence-corrected chi connectivity index (χ1v) is 6.94. The van der Waals surface area contributed by atoms with E-state index in [1.165, 1.54) is 6.21 Å². The van der Waals surface area contributed by atoms with Crippen molar-refractivity contribution in [1.82, 2.24) is 0 Å². The largest absolute Gasteiger partial charge is 0.508 e. The Labute approximate surface area is 129 Å². The Morgan fingerprint density at radius 2 is 2.05 bits per heavy atom. The zero-order valence-corrected chi connectivity index (χ0v) is 12.3. The molecule has 3 rings (SSSR count). The predicted octanol–water partition coefficient (Wildman–Crippen LogP) is 2.93. The summed E-state index contributed by atoms with van der Waals surface area (Å²) in [4.78, 5) is 11.9. The Hall–Kier alpha value is -2.47. The molecule has 0 saturated carbocycles. The summed E-state index contributed by atoms with van der Waals surface area (Å²) in [5.74, 6) is -0.129. The average molecular weight is 344 g/mol. The molecule has 1 amide bonds. The van der Waals surface area contributed by atoms with Gasteiger partial charge >= 0.3 is 0 Å². The fourth-order valence-corrected chi connectivity index (χ4v) is 2.34. The van der Waals surface area contributed by atoms with Crippen molar-refractivity contribution in [3.63, 3.8) is 0 Å². The van der Waals surface area contributed by atoms with Gasteiger partial charge in [-0.1, -0.05) is 28.1 Å². The van der Waals surface area contributed by atoms with Gasteiger partial charge in [-0.15, -0.1) is 5.10 Å². The third-order valence-corrected chi connectivity index (χ3v) is 3.43. The third-order valence-electron chi connectivity index (χ3n) is 2.93. The summed E-state index contributed by atoms with van der Waals surface area (Å²) in [6, 6.07) is 12.1. The van der Waals surface area contributed by atoms with Crippen molar-refractivity contribution in [2.45, 2.75) is 0 Å². The minimum atomic E-state index is -0.281. The topological polar surface area (TPSA) is 74.0 Å². The molecule has 0 spiro atoms. The number of hydrogen-bond donors (Lipinski definition) is 2. The van der Waals surface area contributed by atoms with Crippen LogP contribution >= 0.6 is 15.9 Å². The highest BCUT2D eigenvalue weighted by molar-refractivity contribution is 9.10. The molecule has 0 fully saturated rings. The van der Waals surface area contributed by atoms with Gasteiger partial charge in [-0.3, -0.25) is 4.79 Å². The van der Waals surface area contributed by atoms with E-state index in [9.17, 15) is 9.90 Å². The number of phenols is 1. The van der Waals surface area contributed by atoms with Gasteiger partial charge in [-0.05, 0) is 35.9 Å². The van der Waals surface area contributed by atoms with Crippen LogP contribution < -0.4 is 5.32 Å². The van der Waals surface area contributed by atoms with Gasteiger partial charge in [0.2, 0.25) is 0 Å². The standard InChI is InChI=1S/C15H10BrN3O2/c16-10-4-5-13-12(7-10)14(15(21)18-13)19-17-8-9-2-1-3-11(20)6-9/h1-8,20H,(H,18,19,21)/b17-8-. The van der Waals surface area contributed by atoms with Gasteiger partial charge in [0.15, 0.2) is 5.71 Å². The zero-order chi connectivity index (χ0) is 14.8. The van der Waals surface area contributed by atoms with E-state index in [1.807, 2.05) is 12.1 Å². The maximum absolute atomic E-state index is 11.9. The molecule has 21 heavy (non-hydrogen) atoms. The number of halogens is 1. The number of aromatic hydroxyl groups is 1. The Kier molecular flexibility index (Phi) is 3.53. The number of nitrogens with one attached hydrogen (secondary N) is 1. The normalized spacial score (nSPS) is 15.5. The summed E-state index contributed by atoms with van der Waals surface area (Å²) < 4.78 is 0.863. The van der Waals surface area contributed by atoms with Crippen LogP contribution in [0.5, 0.6) is 5.75 Å². The van der Waals surface area contributed by atoms with Crippen molar-refractivity contribution < 1.29 is 9.90 Å². The first-order valence-electron chi connectivity index (χ1n) is 6.15. The highest BCUT2D eigenvalue weighted by Crippen LogP contribution is 2.26. The number of nitrogens with zero attached hydrogens (tertiary/aromatic N) is 2. The molecule has 2 N–H and O–H groups in total. The number of amides is 1. The number of carbonyl (C=O) groups is 1. The van der Waals surface area contributed by atoms with Crippen LogP contribution in [0.1, 0.15) is 11.1 Å². The van der Waals surface area contributed by atoms with Gasteiger partial charge in [0, 0.05) is 10.0 Å². The van der Waals surface area contributed by atoms with Crippen molar-refractivity contribution in [2.75, 3.05) is 5.32 Å². The SMILES string of the molecule is O=C1Nc2ccc(Br)cc2/C1=N/N=C\c1cccc(O)c1. The predicted molar refractivity (Wildman–Crippen MR) is 85.0 cm³/mol. The summed E-state index contributed by atoms with van der Waals surface area (Å²) in [5.41, 5.74) is 2.40. The number of carbonyl (C=O) groups excluding carboxylic acids is 1. The Morgan fingerprint density at radius 1 is 1.19 bits per heavy atom. The molecule has 0 aromatic heterocycles. The van der Waals surface area contributed by atoms with Crippen molar-refractivity contribution in [2.24, 2.45) is 10.2 Å². The molecule has 0 aliphatic carbocycles. The Balaban J connectivity index is 1.91. The van der Waals surface area contributed by atoms with Crippen molar-refractivity contribution in [1.29, 1.82) is 0 Å². The second kappa shape index (κ2) is 5.49. The van der Waals surface area contributed by atoms with Crippen LogP contribution in [0.2, 0.25) is 0 Å². The quantitative estimate of drug-likeness (QED) is 0.649. The van der Waals surface area contributed by atoms with E-state index in [4.69, 9.17) is 0 Å². The van der Waals surface area contributed by atoms with Crippen LogP contribution in [0.15, 0.2) is 57.1 Å². The lowest BCUT2D eigenvalue weighted by molar-refractivity contribution is -0.110. The molecule has 1 heterocycles. The molecule has 0 bridgehead atoms. The maximum atomic E-state index is 11.9. The number of rotatable bonds is 2. The van der Waals surface area contributed by atoms with Crippen LogP contribution in [-0.2, 0) is 4.79 Å². The van der Waals surface area contributed by atoms with Crippen molar-refractivity contribution in [3.05, 3.63) is 58.1 Å². The van der Waals surface area contributed by atoms with Crippen LogP contribution in [0.3, 0.4) is 0 Å².